The summed E-state index contributed by atoms with van der Waals surface area (Å²) in [5.41, 5.74) is 5.75. The van der Waals surface area contributed by atoms with Gasteiger partial charge in [-0.2, -0.15) is 0 Å². The zero-order valence-corrected chi connectivity index (χ0v) is 13.6. The molecule has 3 aromatic rings. The molecule has 0 saturated heterocycles. The molecule has 0 N–H and O–H groups in total. The Morgan fingerprint density at radius 3 is 2.70 bits per heavy atom. The molecule has 1 unspecified atom stereocenters. The largest absolute Gasteiger partial charge is 0.460 e. The maximum absolute atomic E-state index is 6.31. The van der Waals surface area contributed by atoms with Crippen LogP contribution in [0.25, 0.3) is 11.2 Å². The number of para-hydroxylation sites is 1. The van der Waals surface area contributed by atoms with Gasteiger partial charge >= 0.3 is 0 Å². The summed E-state index contributed by atoms with van der Waals surface area (Å²) >= 11 is 0. The van der Waals surface area contributed by atoms with E-state index < -0.39 is 0 Å². The van der Waals surface area contributed by atoms with Crippen molar-refractivity contribution in [2.45, 2.75) is 51.1 Å². The van der Waals surface area contributed by atoms with E-state index in [1.807, 2.05) is 6.07 Å². The van der Waals surface area contributed by atoms with E-state index in [0.29, 0.717) is 0 Å². The van der Waals surface area contributed by atoms with Crippen LogP contribution in [0.3, 0.4) is 0 Å². The van der Waals surface area contributed by atoms with Gasteiger partial charge in [-0.3, -0.25) is 0 Å². The highest BCUT2D eigenvalue weighted by Gasteiger charge is 2.54. The Bertz CT molecular complexity index is 882. The molecular formula is C20H21NO2. The molecule has 3 nitrogen and oxygen atoms in total. The highest BCUT2D eigenvalue weighted by atomic mass is 16.4. The first kappa shape index (κ1) is 13.3. The van der Waals surface area contributed by atoms with Crippen LogP contribution in [0.5, 0.6) is 0 Å². The minimum atomic E-state index is 0.00238. The molecular weight excluding hydrogens is 286 g/mol. The van der Waals surface area contributed by atoms with Gasteiger partial charge in [-0.05, 0) is 38.3 Å². The van der Waals surface area contributed by atoms with Crippen molar-refractivity contribution in [1.82, 2.24) is 0 Å². The predicted molar refractivity (Wildman–Crippen MR) is 90.7 cm³/mol. The fourth-order valence-corrected chi connectivity index (χ4v) is 4.88. The summed E-state index contributed by atoms with van der Waals surface area (Å²) in [5, 5.41) is 0. The van der Waals surface area contributed by atoms with Crippen molar-refractivity contribution in [2.24, 2.45) is 0 Å². The second-order valence-corrected chi connectivity index (χ2v) is 7.03. The smallest absolute Gasteiger partial charge is 0.177 e. The molecule has 1 aliphatic carbocycles. The molecule has 1 fully saturated rings. The minimum Gasteiger partial charge on any atom is -0.460 e. The summed E-state index contributed by atoms with van der Waals surface area (Å²) in [5.74, 6) is 1.15. The average molecular weight is 307 g/mol. The number of nitrogens with zero attached hydrogens (tertiary/aromatic N) is 1. The third-order valence-electron chi connectivity index (χ3n) is 5.82. The Morgan fingerprint density at radius 2 is 1.91 bits per heavy atom. The van der Waals surface area contributed by atoms with Crippen molar-refractivity contribution in [3.8, 4) is 0 Å². The zero-order chi connectivity index (χ0) is 15.6. The van der Waals surface area contributed by atoms with Crippen molar-refractivity contribution in [1.29, 1.82) is 0 Å². The van der Waals surface area contributed by atoms with Crippen LogP contribution in [0.15, 0.2) is 45.4 Å². The van der Waals surface area contributed by atoms with Gasteiger partial charge in [0.15, 0.2) is 11.2 Å². The average Bonchev–Trinajstić information content (AvgIpc) is 3.26. The van der Waals surface area contributed by atoms with Gasteiger partial charge in [-0.1, -0.05) is 31.0 Å². The van der Waals surface area contributed by atoms with Crippen molar-refractivity contribution < 1.29 is 8.83 Å². The molecule has 0 radical (unpaired) electrons. The van der Waals surface area contributed by atoms with Crippen LogP contribution in [0.4, 0.5) is 5.69 Å². The Morgan fingerprint density at radius 1 is 1.13 bits per heavy atom. The highest BCUT2D eigenvalue weighted by Crippen LogP contribution is 2.59. The zero-order valence-electron chi connectivity index (χ0n) is 13.6. The van der Waals surface area contributed by atoms with E-state index in [9.17, 15) is 0 Å². The molecule has 1 atom stereocenters. The molecule has 1 spiro atoms. The van der Waals surface area contributed by atoms with Crippen LogP contribution in [0.2, 0.25) is 0 Å². The lowest BCUT2D eigenvalue weighted by atomic mass is 9.93. The van der Waals surface area contributed by atoms with Crippen LogP contribution in [0, 0.1) is 6.92 Å². The molecule has 2 aromatic heterocycles. The molecule has 1 saturated carbocycles. The van der Waals surface area contributed by atoms with Crippen LogP contribution >= 0.6 is 0 Å². The fraction of sp³-hybridized carbons (Fsp3) is 0.400. The summed E-state index contributed by atoms with van der Waals surface area (Å²) in [6, 6.07) is 10.9. The SMILES string of the molecule is Cc1ccccc1N1C(C)c2c(oc3ccoc23)C12CCCC2. The van der Waals surface area contributed by atoms with Gasteiger partial charge in [0.1, 0.15) is 5.76 Å². The number of hydrogen-bond acceptors (Lipinski definition) is 3. The van der Waals surface area contributed by atoms with Crippen LogP contribution in [-0.2, 0) is 5.54 Å². The summed E-state index contributed by atoms with van der Waals surface area (Å²) in [6.45, 7) is 4.49. The second-order valence-electron chi connectivity index (χ2n) is 7.03. The van der Waals surface area contributed by atoms with Crippen molar-refractivity contribution in [2.75, 3.05) is 4.90 Å². The lowest BCUT2D eigenvalue weighted by molar-refractivity contribution is 0.348. The third kappa shape index (κ3) is 1.55. The van der Waals surface area contributed by atoms with Crippen LogP contribution < -0.4 is 4.90 Å². The topological polar surface area (TPSA) is 29.5 Å². The molecule has 0 bridgehead atoms. The Kier molecular flexibility index (Phi) is 2.56. The number of anilines is 1. The number of aryl methyl sites for hydroxylation is 1. The Labute approximate surface area is 135 Å². The molecule has 3 heteroatoms. The van der Waals surface area contributed by atoms with Gasteiger partial charge in [-0.25, -0.2) is 0 Å². The molecule has 23 heavy (non-hydrogen) atoms. The van der Waals surface area contributed by atoms with E-state index in [1.54, 1.807) is 6.26 Å². The number of hydrogen-bond donors (Lipinski definition) is 0. The number of benzene rings is 1. The van der Waals surface area contributed by atoms with Gasteiger partial charge in [0, 0.05) is 11.8 Å². The van der Waals surface area contributed by atoms with Gasteiger partial charge in [0.2, 0.25) is 0 Å². The first-order valence-corrected chi connectivity index (χ1v) is 8.58. The van der Waals surface area contributed by atoms with E-state index in [4.69, 9.17) is 8.83 Å². The molecule has 0 amide bonds. The monoisotopic (exact) mass is 307 g/mol. The molecule has 1 aliphatic heterocycles. The number of fused-ring (bicyclic) bond motifs is 4. The molecule has 5 rings (SSSR count). The van der Waals surface area contributed by atoms with E-state index >= 15 is 0 Å². The maximum atomic E-state index is 6.31. The van der Waals surface area contributed by atoms with Gasteiger partial charge in [-0.15, -0.1) is 0 Å². The maximum Gasteiger partial charge on any atom is 0.177 e. The van der Waals surface area contributed by atoms with E-state index in [0.717, 1.165) is 29.8 Å². The third-order valence-corrected chi connectivity index (χ3v) is 5.82. The molecule has 3 heterocycles. The Hall–Kier alpha value is -2.16. The van der Waals surface area contributed by atoms with Crippen molar-refractivity contribution in [3.63, 3.8) is 0 Å². The van der Waals surface area contributed by atoms with E-state index in [2.05, 4.69) is 43.0 Å². The summed E-state index contributed by atoms with van der Waals surface area (Å²) < 4.78 is 12.1. The highest BCUT2D eigenvalue weighted by molar-refractivity contribution is 5.81. The summed E-state index contributed by atoms with van der Waals surface area (Å²) in [7, 11) is 0. The first-order valence-electron chi connectivity index (χ1n) is 8.58. The van der Waals surface area contributed by atoms with Crippen LogP contribution in [-0.4, -0.2) is 0 Å². The minimum absolute atomic E-state index is 0.00238. The Balaban J connectivity index is 1.78. The van der Waals surface area contributed by atoms with Crippen LogP contribution in [0.1, 0.15) is 55.5 Å². The van der Waals surface area contributed by atoms with Gasteiger partial charge < -0.3 is 13.7 Å². The van der Waals surface area contributed by atoms with Gasteiger partial charge in [0.05, 0.1) is 23.4 Å². The predicted octanol–water partition coefficient (Wildman–Crippen LogP) is 5.68. The van der Waals surface area contributed by atoms with Gasteiger partial charge in [0.25, 0.3) is 0 Å². The van der Waals surface area contributed by atoms with E-state index in [-0.39, 0.29) is 11.6 Å². The van der Waals surface area contributed by atoms with Crippen molar-refractivity contribution >= 4 is 16.9 Å². The summed E-state index contributed by atoms with van der Waals surface area (Å²) in [6.07, 6.45) is 6.58. The first-order chi connectivity index (χ1) is 11.2. The normalized spacial score (nSPS) is 22.3. The fourth-order valence-electron chi connectivity index (χ4n) is 4.88. The standard InChI is InChI=1S/C20H21NO2/c1-13-7-3-4-8-15(13)21-14(2)17-18-16(9-12-22-18)23-19(17)20(21)10-5-6-11-20/h3-4,7-9,12,14H,5-6,10-11H2,1-2H3. The number of furan rings is 2. The van der Waals surface area contributed by atoms with E-state index in [1.165, 1.54) is 29.7 Å². The number of rotatable bonds is 1. The molecule has 118 valence electrons. The van der Waals surface area contributed by atoms with Crippen molar-refractivity contribution in [3.05, 3.63) is 53.5 Å². The molecule has 2 aliphatic rings. The quantitative estimate of drug-likeness (QED) is 0.579. The lowest BCUT2D eigenvalue weighted by Crippen LogP contribution is -2.40. The second kappa shape index (κ2) is 4.44. The summed E-state index contributed by atoms with van der Waals surface area (Å²) in [4.78, 5) is 2.60. The lowest BCUT2D eigenvalue weighted by Gasteiger charge is -2.40. The molecule has 1 aromatic carbocycles.